The van der Waals surface area contributed by atoms with Crippen molar-refractivity contribution in [2.45, 2.75) is 18.9 Å². The van der Waals surface area contributed by atoms with Crippen molar-refractivity contribution in [1.29, 1.82) is 0 Å². The Bertz CT molecular complexity index is 166. The molecule has 0 unspecified atom stereocenters. The summed E-state index contributed by atoms with van der Waals surface area (Å²) in [6.07, 6.45) is 5.00. The third kappa shape index (κ3) is 5.20. The van der Waals surface area contributed by atoms with Crippen LogP contribution in [-0.4, -0.2) is 25.7 Å². The monoisotopic (exact) mass is 183 g/mol. The molecule has 3 heteroatoms. The molecular weight excluding hydrogens is 166 g/mol. The van der Waals surface area contributed by atoms with Gasteiger partial charge in [0.2, 0.25) is 0 Å². The van der Waals surface area contributed by atoms with E-state index in [1.807, 2.05) is 0 Å². The van der Waals surface area contributed by atoms with Crippen LogP contribution < -0.4 is 5.32 Å². The number of hydrogen-bond acceptors (Lipinski definition) is 3. The number of carbonyl (C=O) groups excluding carboxylic acids is 1. The quantitative estimate of drug-likeness (QED) is 0.477. The van der Waals surface area contributed by atoms with Gasteiger partial charge in [-0.1, -0.05) is 12.2 Å². The molecule has 1 atom stereocenters. The van der Waals surface area contributed by atoms with Crippen molar-refractivity contribution in [1.82, 2.24) is 5.32 Å². The maximum Gasteiger partial charge on any atom is 0.322 e. The molecule has 0 heterocycles. The molecule has 0 aliphatic heterocycles. The Morgan fingerprint density at radius 3 is 2.69 bits per heavy atom. The third-order valence-corrected chi connectivity index (χ3v) is 1.65. The van der Waals surface area contributed by atoms with Crippen LogP contribution in [0.1, 0.15) is 12.8 Å². The Morgan fingerprint density at radius 2 is 2.23 bits per heavy atom. The van der Waals surface area contributed by atoms with E-state index in [9.17, 15) is 4.79 Å². The van der Waals surface area contributed by atoms with Crippen molar-refractivity contribution in [3.8, 4) is 0 Å². The van der Waals surface area contributed by atoms with Crippen molar-refractivity contribution in [3.05, 3.63) is 25.3 Å². The summed E-state index contributed by atoms with van der Waals surface area (Å²) in [5.41, 5.74) is 0. The van der Waals surface area contributed by atoms with Crippen molar-refractivity contribution in [3.63, 3.8) is 0 Å². The lowest BCUT2D eigenvalue weighted by Crippen LogP contribution is -2.37. The van der Waals surface area contributed by atoms with Crippen LogP contribution in [0.5, 0.6) is 0 Å². The Kier molecular flexibility index (Phi) is 6.92. The average Bonchev–Trinajstić information content (AvgIpc) is 2.17. The fourth-order valence-corrected chi connectivity index (χ4v) is 0.956. The Hall–Kier alpha value is -1.09. The highest BCUT2D eigenvalue weighted by Crippen LogP contribution is 1.99. The zero-order chi connectivity index (χ0) is 10.1. The zero-order valence-electron chi connectivity index (χ0n) is 8.08. The smallest absolute Gasteiger partial charge is 0.322 e. The van der Waals surface area contributed by atoms with Crippen molar-refractivity contribution in [2.24, 2.45) is 0 Å². The molecule has 0 saturated heterocycles. The van der Waals surface area contributed by atoms with Gasteiger partial charge in [0.05, 0.1) is 7.11 Å². The highest BCUT2D eigenvalue weighted by molar-refractivity contribution is 5.75. The zero-order valence-corrected chi connectivity index (χ0v) is 8.08. The molecule has 0 aliphatic carbocycles. The molecule has 3 nitrogen and oxygen atoms in total. The van der Waals surface area contributed by atoms with E-state index in [2.05, 4.69) is 23.2 Å². The maximum absolute atomic E-state index is 11.2. The molecule has 1 N–H and O–H groups in total. The maximum atomic E-state index is 11.2. The van der Waals surface area contributed by atoms with Gasteiger partial charge in [0.25, 0.3) is 0 Å². The summed E-state index contributed by atoms with van der Waals surface area (Å²) in [5, 5.41) is 3.01. The van der Waals surface area contributed by atoms with E-state index in [1.165, 1.54) is 7.11 Å². The number of hydrogen-bond donors (Lipinski definition) is 1. The Balaban J connectivity index is 3.92. The molecule has 0 aromatic heterocycles. The number of methoxy groups -OCH3 is 1. The molecule has 0 fully saturated rings. The molecule has 0 aliphatic rings. The predicted octanol–water partition coefficient (Wildman–Crippen LogP) is 1.27. The van der Waals surface area contributed by atoms with Gasteiger partial charge in [0, 0.05) is 6.54 Å². The normalized spacial score (nSPS) is 11.8. The first-order valence-corrected chi connectivity index (χ1v) is 4.29. The van der Waals surface area contributed by atoms with Crippen LogP contribution in [0.2, 0.25) is 0 Å². The van der Waals surface area contributed by atoms with Gasteiger partial charge in [-0.25, -0.2) is 0 Å². The van der Waals surface area contributed by atoms with Crippen molar-refractivity contribution in [2.75, 3.05) is 13.7 Å². The van der Waals surface area contributed by atoms with Crippen molar-refractivity contribution < 1.29 is 9.53 Å². The summed E-state index contributed by atoms with van der Waals surface area (Å²) in [6.45, 7) is 7.77. The summed E-state index contributed by atoms with van der Waals surface area (Å²) in [4.78, 5) is 11.2. The molecule has 0 aromatic carbocycles. The van der Waals surface area contributed by atoms with Crippen LogP contribution in [0, 0.1) is 0 Å². The first kappa shape index (κ1) is 11.9. The van der Waals surface area contributed by atoms with Gasteiger partial charge < -0.3 is 10.1 Å². The molecule has 0 amide bonds. The molecule has 0 radical (unpaired) electrons. The van der Waals surface area contributed by atoms with E-state index in [0.29, 0.717) is 13.0 Å². The van der Waals surface area contributed by atoms with Crippen LogP contribution in [-0.2, 0) is 9.53 Å². The topological polar surface area (TPSA) is 38.3 Å². The standard InChI is InChI=1S/C10H17NO2/c1-4-6-7-9(10(12)13-3)11-8-5-2/h4-5,9,11H,1-2,6-8H2,3H3/t9-/m1/s1. The van der Waals surface area contributed by atoms with Gasteiger partial charge >= 0.3 is 5.97 Å². The lowest BCUT2D eigenvalue weighted by molar-refractivity contribution is -0.143. The van der Waals surface area contributed by atoms with Gasteiger partial charge in [-0.05, 0) is 12.8 Å². The van der Waals surface area contributed by atoms with E-state index in [4.69, 9.17) is 0 Å². The molecule has 0 saturated carbocycles. The Morgan fingerprint density at radius 1 is 1.54 bits per heavy atom. The first-order valence-electron chi connectivity index (χ1n) is 4.29. The van der Waals surface area contributed by atoms with Crippen LogP contribution in [0.15, 0.2) is 25.3 Å². The molecule has 0 spiro atoms. The number of carbonyl (C=O) groups is 1. The summed E-state index contributed by atoms with van der Waals surface area (Å²) in [6, 6.07) is -0.249. The number of esters is 1. The van der Waals surface area contributed by atoms with E-state index >= 15 is 0 Å². The second-order valence-electron chi connectivity index (χ2n) is 2.64. The lowest BCUT2D eigenvalue weighted by atomic mass is 10.1. The first-order chi connectivity index (χ1) is 6.26. The van der Waals surface area contributed by atoms with Gasteiger partial charge in [-0.3, -0.25) is 4.79 Å². The SMILES string of the molecule is C=CCC[C@@H](NCC=C)C(=O)OC. The highest BCUT2D eigenvalue weighted by Gasteiger charge is 2.16. The minimum atomic E-state index is -0.249. The molecule has 0 rings (SSSR count). The second-order valence-corrected chi connectivity index (χ2v) is 2.64. The van der Waals surface area contributed by atoms with Crippen LogP contribution in [0.3, 0.4) is 0 Å². The van der Waals surface area contributed by atoms with Crippen LogP contribution >= 0.6 is 0 Å². The third-order valence-electron chi connectivity index (χ3n) is 1.65. The fraction of sp³-hybridized carbons (Fsp3) is 0.500. The van der Waals surface area contributed by atoms with E-state index in [-0.39, 0.29) is 12.0 Å². The van der Waals surface area contributed by atoms with Gasteiger partial charge in [-0.2, -0.15) is 0 Å². The predicted molar refractivity (Wildman–Crippen MR) is 53.4 cm³/mol. The molecule has 0 bridgehead atoms. The highest BCUT2D eigenvalue weighted by atomic mass is 16.5. The van der Waals surface area contributed by atoms with E-state index in [0.717, 1.165) is 6.42 Å². The number of ether oxygens (including phenoxy) is 1. The molecule has 0 aromatic rings. The van der Waals surface area contributed by atoms with Gasteiger partial charge in [-0.15, -0.1) is 13.2 Å². The average molecular weight is 183 g/mol. The summed E-state index contributed by atoms with van der Waals surface area (Å²) in [5.74, 6) is -0.233. The number of rotatable bonds is 7. The lowest BCUT2D eigenvalue weighted by Gasteiger charge is -2.13. The summed E-state index contributed by atoms with van der Waals surface area (Å²) in [7, 11) is 1.39. The second kappa shape index (κ2) is 7.55. The van der Waals surface area contributed by atoms with Gasteiger partial charge in [0.1, 0.15) is 6.04 Å². The molecule has 74 valence electrons. The molecule has 13 heavy (non-hydrogen) atoms. The van der Waals surface area contributed by atoms with E-state index < -0.39 is 0 Å². The number of nitrogens with one attached hydrogen (secondary N) is 1. The van der Waals surface area contributed by atoms with Gasteiger partial charge in [0.15, 0.2) is 0 Å². The minimum absolute atomic E-state index is 0.233. The Labute approximate surface area is 79.5 Å². The summed E-state index contributed by atoms with van der Waals surface area (Å²) < 4.78 is 4.64. The summed E-state index contributed by atoms with van der Waals surface area (Å²) >= 11 is 0. The number of allylic oxidation sites excluding steroid dienone is 1. The minimum Gasteiger partial charge on any atom is -0.468 e. The largest absolute Gasteiger partial charge is 0.468 e. The van der Waals surface area contributed by atoms with Crippen molar-refractivity contribution >= 4 is 5.97 Å². The fourth-order valence-electron chi connectivity index (χ4n) is 0.956. The van der Waals surface area contributed by atoms with Crippen LogP contribution in [0.25, 0.3) is 0 Å². The van der Waals surface area contributed by atoms with E-state index in [1.54, 1.807) is 12.2 Å². The van der Waals surface area contributed by atoms with Crippen LogP contribution in [0.4, 0.5) is 0 Å². The molecular formula is C10H17NO2.